The van der Waals surface area contributed by atoms with Crippen molar-refractivity contribution in [1.29, 1.82) is 5.26 Å². The first-order chi connectivity index (χ1) is 7.86. The van der Waals surface area contributed by atoms with Gasteiger partial charge in [0, 0.05) is 0 Å². The number of nitrogens with zero attached hydrogens (tertiary/aromatic N) is 1. The fourth-order valence-electron chi connectivity index (χ4n) is 1.18. The van der Waals surface area contributed by atoms with Gasteiger partial charge in [0.1, 0.15) is 0 Å². The molecule has 1 rings (SSSR count). The minimum Gasteiger partial charge on any atom is -0.209 e. The highest BCUT2D eigenvalue weighted by molar-refractivity contribution is 7.89. The molecule has 1 N–H and O–H groups in total. The fourth-order valence-corrected chi connectivity index (χ4v) is 2.28. The zero-order valence-electron chi connectivity index (χ0n) is 8.94. The lowest BCUT2D eigenvalue weighted by atomic mass is 10.1. The second-order valence-corrected chi connectivity index (χ2v) is 5.10. The largest absolute Gasteiger partial charge is 0.251 e. The minimum absolute atomic E-state index is 0.130. The van der Waals surface area contributed by atoms with Crippen molar-refractivity contribution in [3.63, 3.8) is 0 Å². The molecule has 0 bridgehead atoms. The predicted octanol–water partition coefficient (Wildman–Crippen LogP) is 1.41. The van der Waals surface area contributed by atoms with Crippen LogP contribution in [-0.2, 0) is 10.0 Å². The summed E-state index contributed by atoms with van der Waals surface area (Å²) in [6.45, 7) is 0.645. The molecule has 0 amide bonds. The Kier molecular flexibility index (Phi) is 4.15. The molecule has 1 aromatic rings. The Balaban J connectivity index is 3.01. The molecule has 1 aromatic carbocycles. The maximum absolute atomic E-state index is 11.9. The third kappa shape index (κ3) is 3.47. The monoisotopic (exact) mass is 260 g/mol. The standard InChI is InChI=1S/C10H10F2N2O2S/c1-7-4-9(3-2-8(7)5-13)17(15,16)14-6-10(11)12/h2-4,10,14H,6H2,1H3. The molecular formula is C10H10F2N2O2S. The van der Waals surface area contributed by atoms with E-state index >= 15 is 0 Å². The molecule has 0 aliphatic carbocycles. The lowest BCUT2D eigenvalue weighted by Gasteiger charge is -2.07. The second kappa shape index (κ2) is 5.21. The van der Waals surface area contributed by atoms with E-state index in [-0.39, 0.29) is 4.90 Å². The maximum atomic E-state index is 11.9. The number of nitriles is 1. The quantitative estimate of drug-likeness (QED) is 0.889. The molecule has 7 heteroatoms. The molecule has 17 heavy (non-hydrogen) atoms. The van der Waals surface area contributed by atoms with E-state index in [1.807, 2.05) is 6.07 Å². The van der Waals surface area contributed by atoms with Crippen molar-refractivity contribution in [3.05, 3.63) is 29.3 Å². The number of hydrogen-bond donors (Lipinski definition) is 1. The van der Waals surface area contributed by atoms with Crippen molar-refractivity contribution in [1.82, 2.24) is 4.72 Å². The summed E-state index contributed by atoms with van der Waals surface area (Å²) in [7, 11) is -3.94. The van der Waals surface area contributed by atoms with Gasteiger partial charge in [-0.2, -0.15) is 5.26 Å². The Bertz CT molecular complexity index is 550. The van der Waals surface area contributed by atoms with Gasteiger partial charge in [-0.3, -0.25) is 0 Å². The van der Waals surface area contributed by atoms with Gasteiger partial charge in [-0.05, 0) is 30.7 Å². The Morgan fingerprint density at radius 2 is 2.12 bits per heavy atom. The lowest BCUT2D eigenvalue weighted by molar-refractivity contribution is 0.153. The molecule has 0 saturated carbocycles. The van der Waals surface area contributed by atoms with E-state index in [0.29, 0.717) is 11.1 Å². The first-order valence-corrected chi connectivity index (χ1v) is 6.13. The van der Waals surface area contributed by atoms with Crippen molar-refractivity contribution in [2.24, 2.45) is 0 Å². The Morgan fingerprint density at radius 1 is 1.47 bits per heavy atom. The number of benzene rings is 1. The van der Waals surface area contributed by atoms with Crippen LogP contribution < -0.4 is 4.72 Å². The molecule has 0 atom stereocenters. The number of halogens is 2. The molecule has 0 aliphatic rings. The van der Waals surface area contributed by atoms with E-state index in [1.54, 1.807) is 11.6 Å². The number of rotatable bonds is 4. The van der Waals surface area contributed by atoms with Gasteiger partial charge in [-0.15, -0.1) is 0 Å². The zero-order chi connectivity index (χ0) is 13.1. The highest BCUT2D eigenvalue weighted by Crippen LogP contribution is 2.14. The highest BCUT2D eigenvalue weighted by atomic mass is 32.2. The minimum atomic E-state index is -3.94. The Morgan fingerprint density at radius 3 is 2.59 bits per heavy atom. The summed E-state index contributed by atoms with van der Waals surface area (Å²) in [6, 6.07) is 5.71. The maximum Gasteiger partial charge on any atom is 0.251 e. The van der Waals surface area contributed by atoms with Gasteiger partial charge in [-0.1, -0.05) is 0 Å². The average molecular weight is 260 g/mol. The van der Waals surface area contributed by atoms with Crippen LogP contribution in [0.1, 0.15) is 11.1 Å². The number of alkyl halides is 2. The summed E-state index contributed by atoms with van der Waals surface area (Å²) in [5.41, 5.74) is 0.824. The SMILES string of the molecule is Cc1cc(S(=O)(=O)NCC(F)F)ccc1C#N. The molecule has 4 nitrogen and oxygen atoms in total. The fraction of sp³-hybridized carbons (Fsp3) is 0.300. The smallest absolute Gasteiger partial charge is 0.209 e. The summed E-state index contributed by atoms with van der Waals surface area (Å²) in [5.74, 6) is 0. The van der Waals surface area contributed by atoms with Gasteiger partial charge >= 0.3 is 0 Å². The van der Waals surface area contributed by atoms with Crippen molar-refractivity contribution in [2.75, 3.05) is 6.54 Å². The van der Waals surface area contributed by atoms with Gasteiger partial charge in [0.05, 0.1) is 23.1 Å². The third-order valence-corrected chi connectivity index (χ3v) is 3.48. The van der Waals surface area contributed by atoms with Crippen molar-refractivity contribution in [2.45, 2.75) is 18.2 Å². The van der Waals surface area contributed by atoms with Crippen molar-refractivity contribution < 1.29 is 17.2 Å². The van der Waals surface area contributed by atoms with Crippen LogP contribution in [0.2, 0.25) is 0 Å². The van der Waals surface area contributed by atoms with E-state index in [2.05, 4.69) is 0 Å². The molecule has 0 aliphatic heterocycles. The normalized spacial score (nSPS) is 11.5. The van der Waals surface area contributed by atoms with E-state index in [9.17, 15) is 17.2 Å². The number of sulfonamides is 1. The summed E-state index contributed by atoms with van der Waals surface area (Å²) >= 11 is 0. The molecule has 0 aromatic heterocycles. The van der Waals surface area contributed by atoms with Crippen LogP contribution in [-0.4, -0.2) is 21.4 Å². The lowest BCUT2D eigenvalue weighted by Crippen LogP contribution is -2.28. The molecule has 0 radical (unpaired) electrons. The molecule has 0 spiro atoms. The number of aryl methyl sites for hydroxylation is 1. The topological polar surface area (TPSA) is 70.0 Å². The third-order valence-electron chi connectivity index (χ3n) is 2.06. The van der Waals surface area contributed by atoms with Crippen molar-refractivity contribution >= 4 is 10.0 Å². The number of nitrogens with one attached hydrogen (secondary N) is 1. The highest BCUT2D eigenvalue weighted by Gasteiger charge is 2.16. The molecule has 0 fully saturated rings. The summed E-state index contributed by atoms with van der Waals surface area (Å²) in [5, 5.41) is 8.67. The average Bonchev–Trinajstić information content (AvgIpc) is 2.26. The zero-order valence-corrected chi connectivity index (χ0v) is 9.76. The Hall–Kier alpha value is -1.52. The van der Waals surface area contributed by atoms with E-state index < -0.39 is 23.0 Å². The summed E-state index contributed by atoms with van der Waals surface area (Å²) in [6.07, 6.45) is -2.75. The molecule has 0 heterocycles. The van der Waals surface area contributed by atoms with E-state index in [1.165, 1.54) is 18.2 Å². The van der Waals surface area contributed by atoms with E-state index in [4.69, 9.17) is 5.26 Å². The van der Waals surface area contributed by atoms with Gasteiger partial charge in [0.15, 0.2) is 0 Å². The van der Waals surface area contributed by atoms with Gasteiger partial charge in [0.25, 0.3) is 6.43 Å². The predicted molar refractivity (Wildman–Crippen MR) is 57.1 cm³/mol. The van der Waals surface area contributed by atoms with Crippen LogP contribution in [0.3, 0.4) is 0 Å². The van der Waals surface area contributed by atoms with Crippen LogP contribution in [0, 0.1) is 18.3 Å². The molecule has 0 unspecified atom stereocenters. The molecule has 92 valence electrons. The van der Waals surface area contributed by atoms with Gasteiger partial charge in [0.2, 0.25) is 10.0 Å². The van der Waals surface area contributed by atoms with Crippen LogP contribution in [0.5, 0.6) is 0 Å². The molecular weight excluding hydrogens is 250 g/mol. The van der Waals surface area contributed by atoms with E-state index in [0.717, 1.165) is 0 Å². The number of hydrogen-bond acceptors (Lipinski definition) is 3. The van der Waals surface area contributed by atoms with Crippen LogP contribution in [0.15, 0.2) is 23.1 Å². The van der Waals surface area contributed by atoms with Crippen molar-refractivity contribution in [3.8, 4) is 6.07 Å². The van der Waals surface area contributed by atoms with Gasteiger partial charge < -0.3 is 0 Å². The van der Waals surface area contributed by atoms with Gasteiger partial charge in [-0.25, -0.2) is 21.9 Å². The van der Waals surface area contributed by atoms with Crippen LogP contribution >= 0.6 is 0 Å². The Labute approximate surface area is 97.9 Å². The summed E-state index contributed by atoms with van der Waals surface area (Å²) < 4.78 is 48.7. The second-order valence-electron chi connectivity index (χ2n) is 3.33. The van der Waals surface area contributed by atoms with Crippen LogP contribution in [0.4, 0.5) is 8.78 Å². The van der Waals surface area contributed by atoms with Crippen LogP contribution in [0.25, 0.3) is 0 Å². The summed E-state index contributed by atoms with van der Waals surface area (Å²) in [4.78, 5) is -0.130. The first kappa shape index (κ1) is 13.5. The molecule has 0 saturated heterocycles. The first-order valence-electron chi connectivity index (χ1n) is 4.65.